The van der Waals surface area contributed by atoms with Gasteiger partial charge in [0.15, 0.2) is 0 Å². The van der Waals surface area contributed by atoms with E-state index in [0.717, 1.165) is 23.9 Å². The van der Waals surface area contributed by atoms with Crippen LogP contribution in [-0.2, 0) is 13.0 Å². The van der Waals surface area contributed by atoms with Crippen molar-refractivity contribution in [3.8, 4) is 0 Å². The highest BCUT2D eigenvalue weighted by atomic mass is 79.9. The number of hydrogen-bond donors (Lipinski definition) is 0. The van der Waals surface area contributed by atoms with Crippen molar-refractivity contribution in [2.75, 3.05) is 11.9 Å². The van der Waals surface area contributed by atoms with E-state index < -0.39 is 0 Å². The standard InChI is InChI=1S/C10H12BrN3S2/c1-3-9-12-10(16-13-9)14(2)6-7-4-5-8(11)15-7/h4-5H,3,6H2,1-2H3. The summed E-state index contributed by atoms with van der Waals surface area (Å²) in [4.78, 5) is 7.91. The van der Waals surface area contributed by atoms with Crippen LogP contribution in [0.5, 0.6) is 0 Å². The van der Waals surface area contributed by atoms with E-state index in [1.54, 1.807) is 11.3 Å². The van der Waals surface area contributed by atoms with Crippen LogP contribution in [0.4, 0.5) is 5.13 Å². The van der Waals surface area contributed by atoms with Crippen LogP contribution in [0.3, 0.4) is 0 Å². The van der Waals surface area contributed by atoms with E-state index in [9.17, 15) is 0 Å². The van der Waals surface area contributed by atoms with Crippen molar-refractivity contribution in [2.45, 2.75) is 19.9 Å². The second-order valence-electron chi connectivity index (χ2n) is 3.41. The molecule has 0 atom stereocenters. The molecule has 2 rings (SSSR count). The molecule has 0 unspecified atom stereocenters. The molecule has 2 heterocycles. The summed E-state index contributed by atoms with van der Waals surface area (Å²) in [5.41, 5.74) is 0. The van der Waals surface area contributed by atoms with E-state index in [2.05, 4.69) is 49.2 Å². The van der Waals surface area contributed by atoms with Crippen molar-refractivity contribution in [2.24, 2.45) is 0 Å². The number of hydrogen-bond acceptors (Lipinski definition) is 5. The zero-order valence-electron chi connectivity index (χ0n) is 9.11. The predicted molar refractivity (Wildman–Crippen MR) is 73.4 cm³/mol. The Bertz CT molecular complexity index is 466. The van der Waals surface area contributed by atoms with Gasteiger partial charge in [0.25, 0.3) is 0 Å². The Morgan fingerprint density at radius 3 is 2.81 bits per heavy atom. The lowest BCUT2D eigenvalue weighted by molar-refractivity contribution is 0.910. The van der Waals surface area contributed by atoms with Crippen molar-refractivity contribution in [1.29, 1.82) is 0 Å². The molecule has 0 radical (unpaired) electrons. The van der Waals surface area contributed by atoms with E-state index in [4.69, 9.17) is 0 Å². The van der Waals surface area contributed by atoms with E-state index in [0.29, 0.717) is 0 Å². The minimum atomic E-state index is 0.884. The average Bonchev–Trinajstić information content (AvgIpc) is 2.87. The Kier molecular flexibility index (Phi) is 3.94. The zero-order chi connectivity index (χ0) is 11.5. The van der Waals surface area contributed by atoms with Gasteiger partial charge in [-0.05, 0) is 28.1 Å². The Labute approximate surface area is 111 Å². The van der Waals surface area contributed by atoms with E-state index >= 15 is 0 Å². The van der Waals surface area contributed by atoms with Crippen molar-refractivity contribution in [1.82, 2.24) is 9.36 Å². The molecule has 0 N–H and O–H groups in total. The highest BCUT2D eigenvalue weighted by Gasteiger charge is 2.09. The molecule has 0 aliphatic rings. The van der Waals surface area contributed by atoms with Crippen LogP contribution in [0, 0.1) is 0 Å². The number of aromatic nitrogens is 2. The normalized spacial score (nSPS) is 10.7. The fourth-order valence-electron chi connectivity index (χ4n) is 1.28. The first-order valence-corrected chi connectivity index (χ1v) is 7.35. The molecular weight excluding hydrogens is 306 g/mol. The number of anilines is 1. The quantitative estimate of drug-likeness (QED) is 0.863. The molecule has 6 heteroatoms. The van der Waals surface area contributed by atoms with Crippen LogP contribution >= 0.6 is 38.8 Å². The third kappa shape index (κ3) is 2.81. The molecule has 0 fully saturated rings. The fraction of sp³-hybridized carbons (Fsp3) is 0.400. The first-order chi connectivity index (χ1) is 7.69. The minimum Gasteiger partial charge on any atom is -0.345 e. The molecule has 0 aliphatic heterocycles. The molecular formula is C10H12BrN3S2. The maximum absolute atomic E-state index is 4.46. The van der Waals surface area contributed by atoms with Gasteiger partial charge in [0.1, 0.15) is 5.82 Å². The number of nitrogens with zero attached hydrogens (tertiary/aromatic N) is 3. The van der Waals surface area contributed by atoms with Gasteiger partial charge < -0.3 is 4.90 Å². The summed E-state index contributed by atoms with van der Waals surface area (Å²) in [7, 11) is 2.05. The Hall–Kier alpha value is -0.460. The van der Waals surface area contributed by atoms with Crippen molar-refractivity contribution < 1.29 is 0 Å². The monoisotopic (exact) mass is 317 g/mol. The number of rotatable bonds is 4. The molecule has 0 aromatic carbocycles. The van der Waals surface area contributed by atoms with Crippen molar-refractivity contribution in [3.63, 3.8) is 0 Å². The molecule has 16 heavy (non-hydrogen) atoms. The van der Waals surface area contributed by atoms with E-state index in [-0.39, 0.29) is 0 Å². The van der Waals surface area contributed by atoms with Gasteiger partial charge in [0.2, 0.25) is 5.13 Å². The van der Waals surface area contributed by atoms with Gasteiger partial charge in [-0.3, -0.25) is 0 Å². The predicted octanol–water partition coefficient (Wildman–Crippen LogP) is 3.56. The molecule has 2 aromatic heterocycles. The van der Waals surface area contributed by atoms with E-state index in [1.165, 1.54) is 20.2 Å². The molecule has 86 valence electrons. The first kappa shape index (κ1) is 12.0. The van der Waals surface area contributed by atoms with Gasteiger partial charge in [-0.1, -0.05) is 6.92 Å². The Balaban J connectivity index is 2.05. The summed E-state index contributed by atoms with van der Waals surface area (Å²) >= 11 is 6.69. The minimum absolute atomic E-state index is 0.884. The number of thiophene rings is 1. The smallest absolute Gasteiger partial charge is 0.205 e. The Morgan fingerprint density at radius 2 is 2.25 bits per heavy atom. The van der Waals surface area contributed by atoms with Gasteiger partial charge in [0.05, 0.1) is 10.3 Å². The largest absolute Gasteiger partial charge is 0.345 e. The van der Waals surface area contributed by atoms with Crippen LogP contribution in [0.25, 0.3) is 0 Å². The van der Waals surface area contributed by atoms with Gasteiger partial charge in [0, 0.05) is 29.9 Å². The number of halogens is 1. The molecule has 0 saturated heterocycles. The van der Waals surface area contributed by atoms with E-state index in [1.807, 2.05) is 7.05 Å². The fourth-order valence-corrected chi connectivity index (χ4v) is 3.53. The second-order valence-corrected chi connectivity index (χ2v) is 6.69. The van der Waals surface area contributed by atoms with Gasteiger partial charge >= 0.3 is 0 Å². The molecule has 0 amide bonds. The van der Waals surface area contributed by atoms with Gasteiger partial charge in [-0.15, -0.1) is 11.3 Å². The first-order valence-electron chi connectivity index (χ1n) is 4.97. The highest BCUT2D eigenvalue weighted by Crippen LogP contribution is 2.25. The van der Waals surface area contributed by atoms with Crippen LogP contribution < -0.4 is 4.90 Å². The molecule has 2 aromatic rings. The molecule has 0 saturated carbocycles. The summed E-state index contributed by atoms with van der Waals surface area (Å²) in [5.74, 6) is 0.930. The third-order valence-electron chi connectivity index (χ3n) is 2.12. The summed E-state index contributed by atoms with van der Waals surface area (Å²) in [6.45, 7) is 2.96. The molecule has 3 nitrogen and oxygen atoms in total. The Morgan fingerprint density at radius 1 is 1.44 bits per heavy atom. The van der Waals surface area contributed by atoms with Gasteiger partial charge in [-0.25, -0.2) is 4.98 Å². The lowest BCUT2D eigenvalue weighted by Crippen LogP contribution is -2.15. The summed E-state index contributed by atoms with van der Waals surface area (Å²) in [6, 6.07) is 4.21. The second kappa shape index (κ2) is 5.25. The lowest BCUT2D eigenvalue weighted by atomic mass is 10.4. The SMILES string of the molecule is CCc1nsc(N(C)Cc2ccc(Br)s2)n1. The molecule has 0 spiro atoms. The number of aryl methyl sites for hydroxylation is 1. The maximum Gasteiger partial charge on any atom is 0.205 e. The van der Waals surface area contributed by atoms with Crippen LogP contribution in [0.2, 0.25) is 0 Å². The van der Waals surface area contributed by atoms with Crippen LogP contribution in [-0.4, -0.2) is 16.4 Å². The lowest BCUT2D eigenvalue weighted by Gasteiger charge is -2.13. The summed E-state index contributed by atoms with van der Waals surface area (Å²) in [6.07, 6.45) is 0.898. The maximum atomic E-state index is 4.46. The van der Waals surface area contributed by atoms with Gasteiger partial charge in [-0.2, -0.15) is 4.37 Å². The van der Waals surface area contributed by atoms with Crippen molar-refractivity contribution >= 4 is 43.9 Å². The molecule has 0 aliphatic carbocycles. The van der Waals surface area contributed by atoms with Crippen molar-refractivity contribution in [3.05, 3.63) is 26.6 Å². The van der Waals surface area contributed by atoms with Crippen LogP contribution in [0.15, 0.2) is 15.9 Å². The highest BCUT2D eigenvalue weighted by molar-refractivity contribution is 9.11. The topological polar surface area (TPSA) is 29.0 Å². The zero-order valence-corrected chi connectivity index (χ0v) is 12.3. The van der Waals surface area contributed by atoms with Crippen LogP contribution in [0.1, 0.15) is 17.6 Å². The summed E-state index contributed by atoms with van der Waals surface area (Å²) < 4.78 is 5.45. The molecule has 0 bridgehead atoms. The average molecular weight is 318 g/mol. The summed E-state index contributed by atoms with van der Waals surface area (Å²) in [5, 5.41) is 0.987. The third-order valence-corrected chi connectivity index (χ3v) is 4.60.